The quantitative estimate of drug-likeness (QED) is 0.0835. The minimum Gasteiger partial charge on any atom is -0.456 e. The number of imide groups is 4. The highest BCUT2D eigenvalue weighted by molar-refractivity contribution is 9.11. The minimum absolute atomic E-state index is 0.371. The summed E-state index contributed by atoms with van der Waals surface area (Å²) in [6.07, 6.45) is 9.92. The average Bonchev–Trinajstić information content (AvgIpc) is 1.34. The monoisotopic (exact) mass is 1360 g/mol. The molecule has 0 spiro atoms. The van der Waals surface area contributed by atoms with Crippen molar-refractivity contribution in [3.8, 4) is 46.0 Å². The van der Waals surface area contributed by atoms with Crippen LogP contribution in [0.4, 0.5) is 22.7 Å². The van der Waals surface area contributed by atoms with Crippen LogP contribution in [0.1, 0.15) is 49.9 Å². The van der Waals surface area contributed by atoms with Crippen molar-refractivity contribution in [2.45, 2.75) is 38.5 Å². The lowest BCUT2D eigenvalue weighted by molar-refractivity contribution is -0.121. The van der Waals surface area contributed by atoms with Gasteiger partial charge < -0.3 is 18.9 Å². The maximum atomic E-state index is 11.9. The Kier molecular flexibility index (Phi) is 17.3. The Hall–Kier alpha value is -9.98. The first-order valence-corrected chi connectivity index (χ1v) is 29.9. The van der Waals surface area contributed by atoms with Gasteiger partial charge in [-0.25, -0.2) is 19.6 Å². The number of ether oxygens (including phenoxy) is 4. The SMILES string of the molecule is CC(C)(c1ccc(Oc2ccc(N3C(=O)C=CC3=O)cc2)c(Br)c1)c1ccc(Oc2ccc(N3C(=O)C=CC3=O)cc2)c(Br)c1.CC(C)(c1ccc(Oc2ccc(N3C(=O)C=CC3=O)cc2)c(Cl)c1)c1ccc(Oc2ccc(N3C(=O)C=CC3=O)cc2)c(Cl)c1. The summed E-state index contributed by atoms with van der Waals surface area (Å²) in [6, 6.07) is 49.6. The second-order valence-corrected chi connectivity index (χ2v) is 24.1. The molecule has 0 aromatic heterocycles. The van der Waals surface area contributed by atoms with Gasteiger partial charge in [-0.1, -0.05) is 75.2 Å². The predicted molar refractivity (Wildman–Crippen MR) is 348 cm³/mol. The molecule has 4 heterocycles. The third-order valence-electron chi connectivity index (χ3n) is 15.1. The Morgan fingerprint density at radius 2 is 0.489 bits per heavy atom. The van der Waals surface area contributed by atoms with E-state index in [9.17, 15) is 38.4 Å². The van der Waals surface area contributed by atoms with E-state index in [2.05, 4.69) is 59.6 Å². The number of nitrogens with zero attached hydrogens (tertiary/aromatic N) is 4. The van der Waals surface area contributed by atoms with Crippen molar-refractivity contribution in [2.75, 3.05) is 19.6 Å². The van der Waals surface area contributed by atoms with E-state index in [1.165, 1.54) is 48.6 Å². The Morgan fingerprint density at radius 1 is 0.289 bits per heavy atom. The third kappa shape index (κ3) is 12.8. The minimum atomic E-state index is -0.487. The summed E-state index contributed by atoms with van der Waals surface area (Å²) < 4.78 is 25.6. The number of hydrogen-bond acceptors (Lipinski definition) is 12. The summed E-state index contributed by atoms with van der Waals surface area (Å²) in [5.41, 5.74) is 4.93. The fraction of sp³-hybridized carbons (Fsp3) is 0.0857. The molecule has 12 rings (SSSR count). The van der Waals surface area contributed by atoms with Crippen LogP contribution in [-0.2, 0) is 49.2 Å². The molecule has 0 N–H and O–H groups in total. The molecule has 4 aliphatic rings. The van der Waals surface area contributed by atoms with Gasteiger partial charge in [0.05, 0.1) is 41.7 Å². The molecule has 4 aliphatic heterocycles. The second-order valence-electron chi connectivity index (χ2n) is 21.6. The summed E-state index contributed by atoms with van der Waals surface area (Å²) in [4.78, 5) is 99.9. The van der Waals surface area contributed by atoms with Gasteiger partial charge >= 0.3 is 0 Å². The van der Waals surface area contributed by atoms with Gasteiger partial charge in [0.2, 0.25) is 0 Å². The lowest BCUT2D eigenvalue weighted by Gasteiger charge is -2.27. The molecule has 8 aromatic rings. The molecule has 8 amide bonds. The summed E-state index contributed by atoms with van der Waals surface area (Å²) in [5.74, 6) is 1.17. The maximum absolute atomic E-state index is 11.9. The standard InChI is InChI=1S/C35H24Br2N2O6.C35H24Cl2N2O6/c2*1-35(2,21-3-13-29(27(36)19-21)44-25-9-5-23(6-10-25)38-31(40)15-16-32(38)41)22-4-14-30(28(37)20-22)45-26-11-7-24(8-12-26)39-33(42)17-18-34(39)43/h2*3-20H,1-2H3. The van der Waals surface area contributed by atoms with Crippen molar-refractivity contribution < 1.29 is 57.3 Å². The zero-order valence-electron chi connectivity index (χ0n) is 48.0. The van der Waals surface area contributed by atoms with Gasteiger partial charge in [0, 0.05) is 59.4 Å². The highest BCUT2D eigenvalue weighted by Gasteiger charge is 2.31. The Balaban J connectivity index is 0.000000185. The average molecular weight is 1370 g/mol. The van der Waals surface area contributed by atoms with E-state index in [4.69, 9.17) is 42.1 Å². The lowest BCUT2D eigenvalue weighted by Crippen LogP contribution is -2.29. The van der Waals surface area contributed by atoms with E-state index >= 15 is 0 Å². The fourth-order valence-electron chi connectivity index (χ4n) is 10.0. The Labute approximate surface area is 542 Å². The third-order valence-corrected chi connectivity index (χ3v) is 17.0. The molecule has 0 aliphatic carbocycles. The molecule has 0 bridgehead atoms. The number of carbonyl (C=O) groups excluding carboxylic acids is 8. The number of benzene rings is 8. The summed E-state index contributed by atoms with van der Waals surface area (Å²) in [6.45, 7) is 8.35. The van der Waals surface area contributed by atoms with E-state index in [-0.39, 0.29) is 29.0 Å². The van der Waals surface area contributed by atoms with Crippen molar-refractivity contribution >= 4 is 125 Å². The normalized spacial score (nSPS) is 14.6. The molecule has 0 fully saturated rings. The molecule has 90 heavy (non-hydrogen) atoms. The predicted octanol–water partition coefficient (Wildman–Crippen LogP) is 15.7. The van der Waals surface area contributed by atoms with Gasteiger partial charge in [0.15, 0.2) is 0 Å². The molecule has 0 radical (unpaired) electrons. The summed E-state index contributed by atoms with van der Waals surface area (Å²) in [5, 5.41) is 0.808. The van der Waals surface area contributed by atoms with Crippen LogP contribution in [0.2, 0.25) is 10.0 Å². The van der Waals surface area contributed by atoms with Crippen LogP contribution in [0.15, 0.2) is 227 Å². The topological polar surface area (TPSA) is 186 Å². The number of carbonyl (C=O) groups is 8. The summed E-state index contributed by atoms with van der Waals surface area (Å²) >= 11 is 20.6. The van der Waals surface area contributed by atoms with Crippen LogP contribution in [0.3, 0.4) is 0 Å². The first-order chi connectivity index (χ1) is 43.0. The number of halogens is 4. The van der Waals surface area contributed by atoms with Crippen molar-refractivity contribution in [1.29, 1.82) is 0 Å². The van der Waals surface area contributed by atoms with Crippen LogP contribution in [0, 0.1) is 0 Å². The van der Waals surface area contributed by atoms with Crippen molar-refractivity contribution in [3.05, 3.63) is 260 Å². The molecular formula is C70H48Br2Cl2N4O12. The van der Waals surface area contributed by atoms with Crippen LogP contribution < -0.4 is 38.5 Å². The molecule has 0 unspecified atom stereocenters. The van der Waals surface area contributed by atoms with Gasteiger partial charge in [-0.05, 0) is 200 Å². The van der Waals surface area contributed by atoms with Gasteiger partial charge in [0.1, 0.15) is 46.0 Å². The smallest absolute Gasteiger partial charge is 0.258 e. The van der Waals surface area contributed by atoms with Crippen LogP contribution in [0.5, 0.6) is 46.0 Å². The van der Waals surface area contributed by atoms with Crippen LogP contribution in [-0.4, -0.2) is 47.3 Å². The first kappa shape index (κ1) is 61.7. The van der Waals surface area contributed by atoms with Crippen molar-refractivity contribution in [1.82, 2.24) is 0 Å². The highest BCUT2D eigenvalue weighted by atomic mass is 79.9. The first-order valence-electron chi connectivity index (χ1n) is 27.6. The van der Waals surface area contributed by atoms with Crippen LogP contribution >= 0.6 is 55.1 Å². The Morgan fingerprint density at radius 3 is 0.700 bits per heavy atom. The van der Waals surface area contributed by atoms with Crippen molar-refractivity contribution in [2.24, 2.45) is 0 Å². The zero-order valence-corrected chi connectivity index (χ0v) is 52.7. The van der Waals surface area contributed by atoms with Gasteiger partial charge in [-0.2, -0.15) is 0 Å². The van der Waals surface area contributed by atoms with E-state index in [0.717, 1.165) is 50.8 Å². The maximum Gasteiger partial charge on any atom is 0.258 e. The molecule has 0 atom stereocenters. The molecule has 0 saturated heterocycles. The molecule has 16 nitrogen and oxygen atoms in total. The highest BCUT2D eigenvalue weighted by Crippen LogP contribution is 2.43. The number of amides is 8. The van der Waals surface area contributed by atoms with Crippen LogP contribution in [0.25, 0.3) is 0 Å². The van der Waals surface area contributed by atoms with E-state index in [1.807, 2.05) is 60.7 Å². The largest absolute Gasteiger partial charge is 0.456 e. The lowest BCUT2D eigenvalue weighted by atomic mass is 9.78. The number of rotatable bonds is 16. The van der Waals surface area contributed by atoms with E-state index in [0.29, 0.717) is 78.8 Å². The molecule has 0 saturated carbocycles. The fourth-order valence-corrected chi connectivity index (χ4v) is 11.4. The number of anilines is 4. The van der Waals surface area contributed by atoms with Gasteiger partial charge in [-0.3, -0.25) is 38.4 Å². The van der Waals surface area contributed by atoms with Crippen molar-refractivity contribution in [3.63, 3.8) is 0 Å². The molecule has 8 aromatic carbocycles. The van der Waals surface area contributed by atoms with E-state index < -0.39 is 29.0 Å². The van der Waals surface area contributed by atoms with Gasteiger partial charge in [0.25, 0.3) is 47.3 Å². The molecule has 448 valence electrons. The second kappa shape index (κ2) is 25.3. The molecule has 20 heteroatoms. The molecular weight excluding hydrogens is 1320 g/mol. The Bertz CT molecular complexity index is 3800. The number of hydrogen-bond donors (Lipinski definition) is 0. The zero-order chi connectivity index (χ0) is 63.8. The van der Waals surface area contributed by atoms with Gasteiger partial charge in [-0.15, -0.1) is 0 Å². The summed E-state index contributed by atoms with van der Waals surface area (Å²) in [7, 11) is 0. The van der Waals surface area contributed by atoms with E-state index in [1.54, 1.807) is 109 Å².